The third-order valence-electron chi connectivity index (χ3n) is 5.93. The van der Waals surface area contributed by atoms with Crippen LogP contribution in [-0.4, -0.2) is 34.9 Å². The Hall–Kier alpha value is -3.10. The van der Waals surface area contributed by atoms with Crippen LogP contribution in [0.3, 0.4) is 0 Å². The number of pyridine rings is 1. The number of ether oxygens (including phenoxy) is 1. The van der Waals surface area contributed by atoms with Gasteiger partial charge in [0.05, 0.1) is 23.2 Å². The Morgan fingerprint density at radius 2 is 2.06 bits per heavy atom. The number of nitrogens with two attached hydrogens (primary N) is 1. The number of nitrogens with one attached hydrogen (secondary N) is 2. The molecule has 3 aromatic heterocycles. The molecule has 1 aliphatic heterocycles. The Balaban J connectivity index is 1.41. The summed E-state index contributed by atoms with van der Waals surface area (Å²) in [6.07, 6.45) is 7.81. The first kappa shape index (κ1) is 20.8. The zero-order valence-electron chi connectivity index (χ0n) is 17.3. The van der Waals surface area contributed by atoms with E-state index in [-0.39, 0.29) is 17.4 Å². The number of hydrogen-bond acceptors (Lipinski definition) is 6. The summed E-state index contributed by atoms with van der Waals surface area (Å²) in [5.41, 5.74) is 10.4. The van der Waals surface area contributed by atoms with Crippen LogP contribution in [0.4, 0.5) is 10.2 Å². The van der Waals surface area contributed by atoms with Crippen LogP contribution in [0.5, 0.6) is 5.75 Å². The maximum atomic E-state index is 13.7. The molecule has 0 spiro atoms. The highest BCUT2D eigenvalue weighted by molar-refractivity contribution is 6.30. The highest BCUT2D eigenvalue weighted by atomic mass is 35.5. The predicted octanol–water partition coefficient (Wildman–Crippen LogP) is 4.68. The van der Waals surface area contributed by atoms with E-state index in [1.54, 1.807) is 18.5 Å². The topological polar surface area (TPSA) is 102 Å². The fraction of sp³-hybridized carbons (Fsp3) is 0.304. The van der Waals surface area contributed by atoms with Gasteiger partial charge in [-0.25, -0.2) is 9.37 Å². The molecule has 0 bridgehead atoms. The van der Waals surface area contributed by atoms with E-state index in [4.69, 9.17) is 26.5 Å². The van der Waals surface area contributed by atoms with Crippen LogP contribution in [0.2, 0.25) is 5.02 Å². The lowest BCUT2D eigenvalue weighted by Crippen LogP contribution is -2.27. The van der Waals surface area contributed by atoms with E-state index in [1.807, 2.05) is 6.20 Å². The second kappa shape index (κ2) is 8.80. The maximum Gasteiger partial charge on any atom is 0.205 e. The number of hydrogen-bond donors (Lipinski definition) is 3. The van der Waals surface area contributed by atoms with Gasteiger partial charge in [-0.2, -0.15) is 5.10 Å². The molecule has 5 rings (SSSR count). The smallest absolute Gasteiger partial charge is 0.205 e. The second-order valence-electron chi connectivity index (χ2n) is 7.93. The molecule has 32 heavy (non-hydrogen) atoms. The Morgan fingerprint density at radius 3 is 2.88 bits per heavy atom. The van der Waals surface area contributed by atoms with Crippen molar-refractivity contribution >= 4 is 28.4 Å². The second-order valence-corrected chi connectivity index (χ2v) is 8.34. The van der Waals surface area contributed by atoms with Gasteiger partial charge in [0.1, 0.15) is 12.1 Å². The van der Waals surface area contributed by atoms with Crippen molar-refractivity contribution in [3.63, 3.8) is 0 Å². The number of aromatic nitrogens is 3. The van der Waals surface area contributed by atoms with Gasteiger partial charge in [0.15, 0.2) is 11.4 Å². The molecule has 0 unspecified atom stereocenters. The van der Waals surface area contributed by atoms with Gasteiger partial charge in [-0.3, -0.25) is 5.10 Å². The van der Waals surface area contributed by atoms with Gasteiger partial charge in [-0.1, -0.05) is 17.7 Å². The van der Waals surface area contributed by atoms with Gasteiger partial charge >= 0.3 is 0 Å². The van der Waals surface area contributed by atoms with Crippen molar-refractivity contribution in [3.8, 4) is 16.9 Å². The molecule has 0 aliphatic carbocycles. The number of aromatic amines is 1. The number of benzene rings is 1. The van der Waals surface area contributed by atoms with E-state index in [0.717, 1.165) is 53.7 Å². The normalized spacial score (nSPS) is 14.8. The van der Waals surface area contributed by atoms with E-state index >= 15 is 0 Å². The number of halogens is 2. The number of fused-ring (bicyclic) bond motifs is 1. The molecule has 0 radical (unpaired) electrons. The van der Waals surface area contributed by atoms with Gasteiger partial charge < -0.3 is 20.2 Å². The summed E-state index contributed by atoms with van der Waals surface area (Å²) < 4.78 is 25.5. The van der Waals surface area contributed by atoms with Crippen molar-refractivity contribution in [2.45, 2.75) is 25.2 Å². The molecule has 0 saturated carbocycles. The summed E-state index contributed by atoms with van der Waals surface area (Å²) in [7, 11) is 0. The van der Waals surface area contributed by atoms with Crippen molar-refractivity contribution in [1.82, 2.24) is 20.5 Å². The minimum absolute atomic E-state index is 0.0964. The fourth-order valence-corrected chi connectivity index (χ4v) is 4.34. The summed E-state index contributed by atoms with van der Waals surface area (Å²) in [5.74, 6) is 0.588. The number of H-pyrrole nitrogens is 1. The number of nitrogens with zero attached hydrogens (tertiary/aromatic N) is 2. The van der Waals surface area contributed by atoms with Crippen LogP contribution in [-0.2, 0) is 6.42 Å². The first-order chi connectivity index (χ1) is 15.6. The first-order valence-corrected chi connectivity index (χ1v) is 11.0. The minimum atomic E-state index is -0.451. The third-order valence-corrected chi connectivity index (χ3v) is 6.24. The number of anilines is 1. The number of piperidine rings is 1. The predicted molar refractivity (Wildman–Crippen MR) is 121 cm³/mol. The van der Waals surface area contributed by atoms with Crippen molar-refractivity contribution in [3.05, 3.63) is 59.0 Å². The van der Waals surface area contributed by atoms with Crippen molar-refractivity contribution in [2.75, 3.05) is 25.4 Å². The van der Waals surface area contributed by atoms with Crippen LogP contribution < -0.4 is 15.8 Å². The molecule has 0 amide bonds. The Labute approximate surface area is 189 Å². The molecule has 1 fully saturated rings. The van der Waals surface area contributed by atoms with Gasteiger partial charge in [-0.05, 0) is 43.6 Å². The Bertz CT molecular complexity index is 1250. The van der Waals surface area contributed by atoms with Crippen LogP contribution in [0, 0.1) is 5.82 Å². The molecular formula is C23H23ClFN5O2. The van der Waals surface area contributed by atoms with E-state index in [1.165, 1.54) is 12.1 Å². The SMILES string of the molecule is Nc1ncc2c(-c3cn[nH]c3C3CCNCC3)coc2c1OCCc1ccc(Cl)c(F)c1. The quantitative estimate of drug-likeness (QED) is 0.390. The highest BCUT2D eigenvalue weighted by Crippen LogP contribution is 2.40. The van der Waals surface area contributed by atoms with E-state index in [0.29, 0.717) is 23.7 Å². The lowest BCUT2D eigenvalue weighted by Gasteiger charge is -2.22. The molecular weight excluding hydrogens is 433 g/mol. The lowest BCUT2D eigenvalue weighted by atomic mass is 9.90. The van der Waals surface area contributed by atoms with E-state index < -0.39 is 5.82 Å². The average molecular weight is 456 g/mol. The van der Waals surface area contributed by atoms with Crippen LogP contribution in [0.15, 0.2) is 41.3 Å². The van der Waals surface area contributed by atoms with Crippen molar-refractivity contribution in [2.24, 2.45) is 0 Å². The number of nitrogen functional groups attached to an aromatic ring is 1. The zero-order chi connectivity index (χ0) is 22.1. The number of furan rings is 1. The fourth-order valence-electron chi connectivity index (χ4n) is 4.23. The molecule has 166 valence electrons. The van der Waals surface area contributed by atoms with Gasteiger partial charge in [0.2, 0.25) is 5.75 Å². The molecule has 1 aliphatic rings. The molecule has 0 atom stereocenters. The van der Waals surface area contributed by atoms with Crippen molar-refractivity contribution in [1.29, 1.82) is 0 Å². The van der Waals surface area contributed by atoms with Gasteiger partial charge in [0, 0.05) is 35.4 Å². The number of rotatable bonds is 6. The van der Waals surface area contributed by atoms with Crippen LogP contribution in [0.1, 0.15) is 30.0 Å². The standard InChI is InChI=1S/C23H23ClFN5O2/c24-18-2-1-13(9-19(18)25)5-8-31-22-21-16(10-28-23(22)26)17(12-32-21)15-11-29-30-20(15)14-3-6-27-7-4-14/h1-2,9-12,14,27H,3-8H2,(H2,26,28)(H,29,30). The maximum absolute atomic E-state index is 13.7. The molecule has 1 aromatic carbocycles. The molecule has 4 aromatic rings. The summed E-state index contributed by atoms with van der Waals surface area (Å²) in [6, 6.07) is 4.70. The first-order valence-electron chi connectivity index (χ1n) is 10.6. The third kappa shape index (κ3) is 3.91. The largest absolute Gasteiger partial charge is 0.486 e. The van der Waals surface area contributed by atoms with E-state index in [2.05, 4.69) is 20.5 Å². The summed E-state index contributed by atoms with van der Waals surface area (Å²) in [6.45, 7) is 2.26. The Morgan fingerprint density at radius 1 is 1.22 bits per heavy atom. The van der Waals surface area contributed by atoms with Crippen molar-refractivity contribution < 1.29 is 13.5 Å². The van der Waals surface area contributed by atoms with Gasteiger partial charge in [0.25, 0.3) is 0 Å². The summed E-state index contributed by atoms with van der Waals surface area (Å²) in [5, 5.41) is 11.8. The molecule has 1 saturated heterocycles. The molecule has 4 N–H and O–H groups in total. The monoisotopic (exact) mass is 455 g/mol. The van der Waals surface area contributed by atoms with Crippen LogP contribution >= 0.6 is 11.6 Å². The zero-order valence-corrected chi connectivity index (χ0v) is 18.1. The van der Waals surface area contributed by atoms with Crippen LogP contribution in [0.25, 0.3) is 22.1 Å². The highest BCUT2D eigenvalue weighted by Gasteiger charge is 2.24. The van der Waals surface area contributed by atoms with E-state index in [9.17, 15) is 4.39 Å². The molecule has 7 nitrogen and oxygen atoms in total. The molecule has 4 heterocycles. The molecule has 9 heteroatoms. The average Bonchev–Trinajstić information content (AvgIpc) is 3.45. The lowest BCUT2D eigenvalue weighted by molar-refractivity contribution is 0.321. The minimum Gasteiger partial charge on any atom is -0.486 e. The summed E-state index contributed by atoms with van der Waals surface area (Å²) >= 11 is 5.75. The Kier molecular flexibility index (Phi) is 5.71. The van der Waals surface area contributed by atoms with Gasteiger partial charge in [-0.15, -0.1) is 0 Å². The summed E-state index contributed by atoms with van der Waals surface area (Å²) in [4.78, 5) is 4.32.